The van der Waals surface area contributed by atoms with E-state index < -0.39 is 0 Å². The summed E-state index contributed by atoms with van der Waals surface area (Å²) in [6, 6.07) is 17.4. The molecule has 0 saturated carbocycles. The molecule has 0 atom stereocenters. The second kappa shape index (κ2) is 6.81. The molecule has 0 saturated heterocycles. The normalized spacial score (nSPS) is 10.5. The molecular formula is C16H19NO2. The van der Waals surface area contributed by atoms with Crippen molar-refractivity contribution >= 4 is 0 Å². The van der Waals surface area contributed by atoms with E-state index >= 15 is 0 Å². The van der Waals surface area contributed by atoms with Crippen LogP contribution < -0.4 is 9.47 Å². The van der Waals surface area contributed by atoms with Crippen molar-refractivity contribution in [1.82, 2.24) is 4.90 Å². The number of para-hydroxylation sites is 1. The van der Waals surface area contributed by atoms with E-state index in [1.54, 1.807) is 0 Å². The molecule has 19 heavy (non-hydrogen) atoms. The summed E-state index contributed by atoms with van der Waals surface area (Å²) in [6.45, 7) is 1.56. The fourth-order valence-corrected chi connectivity index (χ4v) is 1.60. The molecule has 0 aliphatic rings. The lowest BCUT2D eigenvalue weighted by molar-refractivity contribution is 0.260. The van der Waals surface area contributed by atoms with Gasteiger partial charge in [0.15, 0.2) is 0 Å². The van der Waals surface area contributed by atoms with Crippen LogP contribution in [-0.2, 0) is 0 Å². The summed E-state index contributed by atoms with van der Waals surface area (Å²) in [6.07, 6.45) is 0. The van der Waals surface area contributed by atoms with Gasteiger partial charge in [0.1, 0.15) is 23.9 Å². The van der Waals surface area contributed by atoms with Crippen LogP contribution in [0.4, 0.5) is 0 Å². The first-order chi connectivity index (χ1) is 9.24. The van der Waals surface area contributed by atoms with Gasteiger partial charge in [0.25, 0.3) is 0 Å². The maximum atomic E-state index is 5.76. The first-order valence-electron chi connectivity index (χ1n) is 6.34. The summed E-state index contributed by atoms with van der Waals surface area (Å²) in [7, 11) is 4.05. The van der Waals surface area contributed by atoms with Crippen LogP contribution in [0.25, 0.3) is 0 Å². The SMILES string of the molecule is CN(C)CCOc1cccc(Oc2ccccc2)c1. The molecule has 3 nitrogen and oxygen atoms in total. The minimum Gasteiger partial charge on any atom is -0.492 e. The first-order valence-corrected chi connectivity index (χ1v) is 6.34. The highest BCUT2D eigenvalue weighted by Gasteiger charge is 2.00. The van der Waals surface area contributed by atoms with Crippen LogP contribution in [0.1, 0.15) is 0 Å². The smallest absolute Gasteiger partial charge is 0.131 e. The monoisotopic (exact) mass is 257 g/mol. The van der Waals surface area contributed by atoms with Crippen LogP contribution in [0.5, 0.6) is 17.2 Å². The summed E-state index contributed by atoms with van der Waals surface area (Å²) in [5, 5.41) is 0. The number of ether oxygens (including phenoxy) is 2. The number of hydrogen-bond acceptors (Lipinski definition) is 3. The molecule has 3 heteroatoms. The Balaban J connectivity index is 1.95. The lowest BCUT2D eigenvalue weighted by atomic mass is 10.3. The van der Waals surface area contributed by atoms with Gasteiger partial charge in [-0.2, -0.15) is 0 Å². The van der Waals surface area contributed by atoms with Gasteiger partial charge < -0.3 is 14.4 Å². The van der Waals surface area contributed by atoms with E-state index in [1.165, 1.54) is 0 Å². The molecule has 0 aliphatic heterocycles. The third-order valence-electron chi connectivity index (χ3n) is 2.59. The van der Waals surface area contributed by atoms with Gasteiger partial charge in [-0.15, -0.1) is 0 Å². The Kier molecular flexibility index (Phi) is 4.81. The standard InChI is InChI=1S/C16H19NO2/c1-17(2)11-12-18-15-9-6-10-16(13-15)19-14-7-4-3-5-8-14/h3-10,13H,11-12H2,1-2H3. The molecule has 0 fully saturated rings. The summed E-state index contributed by atoms with van der Waals surface area (Å²) >= 11 is 0. The van der Waals surface area contributed by atoms with Crippen LogP contribution in [0.15, 0.2) is 54.6 Å². The van der Waals surface area contributed by atoms with E-state index in [1.807, 2.05) is 68.7 Å². The van der Waals surface area contributed by atoms with Crippen molar-refractivity contribution in [3.63, 3.8) is 0 Å². The summed E-state index contributed by atoms with van der Waals surface area (Å²) in [5.41, 5.74) is 0. The molecular weight excluding hydrogens is 238 g/mol. The maximum absolute atomic E-state index is 5.76. The van der Waals surface area contributed by atoms with Gasteiger partial charge in [-0.1, -0.05) is 24.3 Å². The third kappa shape index (κ3) is 4.64. The molecule has 0 spiro atoms. The molecule has 0 heterocycles. The summed E-state index contributed by atoms with van der Waals surface area (Å²) in [4.78, 5) is 2.09. The molecule has 0 bridgehead atoms. The van der Waals surface area contributed by atoms with Crippen LogP contribution in [0, 0.1) is 0 Å². The van der Waals surface area contributed by atoms with E-state index in [-0.39, 0.29) is 0 Å². The zero-order valence-corrected chi connectivity index (χ0v) is 11.4. The molecule has 100 valence electrons. The second-order valence-corrected chi connectivity index (χ2v) is 4.54. The Morgan fingerprint density at radius 3 is 2.26 bits per heavy atom. The van der Waals surface area contributed by atoms with Crippen LogP contribution in [-0.4, -0.2) is 32.1 Å². The van der Waals surface area contributed by atoms with Crippen LogP contribution in [0.2, 0.25) is 0 Å². The largest absolute Gasteiger partial charge is 0.492 e. The predicted molar refractivity (Wildman–Crippen MR) is 77.0 cm³/mol. The highest BCUT2D eigenvalue weighted by Crippen LogP contribution is 2.24. The number of hydrogen-bond donors (Lipinski definition) is 0. The quantitative estimate of drug-likeness (QED) is 0.791. The van der Waals surface area contributed by atoms with Gasteiger partial charge in [0, 0.05) is 12.6 Å². The van der Waals surface area contributed by atoms with Crippen LogP contribution >= 0.6 is 0 Å². The van der Waals surface area contributed by atoms with Crippen LogP contribution in [0.3, 0.4) is 0 Å². The van der Waals surface area contributed by atoms with Crippen molar-refractivity contribution in [3.8, 4) is 17.2 Å². The Bertz CT molecular complexity index is 497. The Morgan fingerprint density at radius 1 is 0.842 bits per heavy atom. The molecule has 0 N–H and O–H groups in total. The van der Waals surface area contributed by atoms with Crippen molar-refractivity contribution in [2.24, 2.45) is 0 Å². The molecule has 2 aromatic rings. The number of nitrogens with zero attached hydrogens (tertiary/aromatic N) is 1. The number of rotatable bonds is 6. The highest BCUT2D eigenvalue weighted by atomic mass is 16.5. The van der Waals surface area contributed by atoms with Crippen molar-refractivity contribution in [2.75, 3.05) is 27.2 Å². The highest BCUT2D eigenvalue weighted by molar-refractivity contribution is 5.36. The topological polar surface area (TPSA) is 21.7 Å². The molecule has 0 radical (unpaired) electrons. The third-order valence-corrected chi connectivity index (χ3v) is 2.59. The lowest BCUT2D eigenvalue weighted by Gasteiger charge is -2.12. The minimum atomic E-state index is 0.668. The van der Waals surface area contributed by atoms with Gasteiger partial charge >= 0.3 is 0 Å². The first kappa shape index (κ1) is 13.4. The zero-order valence-electron chi connectivity index (χ0n) is 11.4. The fraction of sp³-hybridized carbons (Fsp3) is 0.250. The summed E-state index contributed by atoms with van der Waals surface area (Å²) in [5.74, 6) is 2.44. The van der Waals surface area contributed by atoms with Gasteiger partial charge in [-0.25, -0.2) is 0 Å². The lowest BCUT2D eigenvalue weighted by Crippen LogP contribution is -2.19. The van der Waals surface area contributed by atoms with Crippen molar-refractivity contribution in [3.05, 3.63) is 54.6 Å². The molecule has 0 amide bonds. The van der Waals surface area contributed by atoms with Gasteiger partial charge in [0.2, 0.25) is 0 Å². The Labute approximate surface area is 114 Å². The molecule has 0 unspecified atom stereocenters. The minimum absolute atomic E-state index is 0.668. The Hall–Kier alpha value is -2.00. The Morgan fingerprint density at radius 2 is 1.53 bits per heavy atom. The average molecular weight is 257 g/mol. The predicted octanol–water partition coefficient (Wildman–Crippen LogP) is 3.42. The summed E-state index contributed by atoms with van der Waals surface area (Å²) < 4.78 is 11.4. The average Bonchev–Trinajstić information content (AvgIpc) is 2.40. The van der Waals surface area contributed by atoms with E-state index in [4.69, 9.17) is 9.47 Å². The van der Waals surface area contributed by atoms with Gasteiger partial charge in [-0.05, 0) is 38.4 Å². The van der Waals surface area contributed by atoms with Crippen molar-refractivity contribution in [1.29, 1.82) is 0 Å². The molecule has 0 aromatic heterocycles. The number of likely N-dealkylation sites (N-methyl/N-ethyl adjacent to an activating group) is 1. The van der Waals surface area contributed by atoms with E-state index in [9.17, 15) is 0 Å². The van der Waals surface area contributed by atoms with Gasteiger partial charge in [-0.3, -0.25) is 0 Å². The maximum Gasteiger partial charge on any atom is 0.131 e. The van der Waals surface area contributed by atoms with E-state index in [2.05, 4.69) is 4.90 Å². The number of benzene rings is 2. The second-order valence-electron chi connectivity index (χ2n) is 4.54. The fourth-order valence-electron chi connectivity index (χ4n) is 1.60. The molecule has 0 aliphatic carbocycles. The molecule has 2 rings (SSSR count). The van der Waals surface area contributed by atoms with Crippen molar-refractivity contribution in [2.45, 2.75) is 0 Å². The molecule has 2 aromatic carbocycles. The van der Waals surface area contributed by atoms with E-state index in [0.717, 1.165) is 23.8 Å². The van der Waals surface area contributed by atoms with Gasteiger partial charge in [0.05, 0.1) is 0 Å². The zero-order chi connectivity index (χ0) is 13.5. The van der Waals surface area contributed by atoms with Crippen molar-refractivity contribution < 1.29 is 9.47 Å². The van der Waals surface area contributed by atoms with E-state index in [0.29, 0.717) is 6.61 Å².